The largest absolute Gasteiger partial charge is 0.419 e. The molecule has 2 aromatic carbocycles. The molecule has 2 N–H and O–H groups in total. The summed E-state index contributed by atoms with van der Waals surface area (Å²) in [5.74, 6) is -8.90. The lowest BCUT2D eigenvalue weighted by Crippen LogP contribution is -2.39. The summed E-state index contributed by atoms with van der Waals surface area (Å²) in [7, 11) is 0. The van der Waals surface area contributed by atoms with E-state index in [1.165, 1.54) is 11.8 Å². The molecule has 8 rings (SSSR count). The van der Waals surface area contributed by atoms with Gasteiger partial charge < -0.3 is 19.6 Å². The Morgan fingerprint density at radius 2 is 1.02 bits per heavy atom. The molecule has 6 heterocycles. The summed E-state index contributed by atoms with van der Waals surface area (Å²) in [6, 6.07) is 3.40. The van der Waals surface area contributed by atoms with Gasteiger partial charge in [-0.1, -0.05) is 18.7 Å². The van der Waals surface area contributed by atoms with Gasteiger partial charge in [0.1, 0.15) is 0 Å². The van der Waals surface area contributed by atoms with Crippen molar-refractivity contribution in [2.45, 2.75) is 89.8 Å². The van der Waals surface area contributed by atoms with E-state index in [9.17, 15) is 58.3 Å². The third-order valence-corrected chi connectivity index (χ3v) is 12.2. The minimum absolute atomic E-state index is 0.129. The van der Waals surface area contributed by atoms with E-state index in [0.29, 0.717) is 42.5 Å². The number of aromatic nitrogens is 4. The number of piperidine rings is 2. The average molecular weight is 897 g/mol. The maximum atomic E-state index is 14.0. The number of carbonyl (C=O) groups is 3. The molecule has 21 heteroatoms. The standard InChI is InChI=1S/C22H23F5N4O.C20H19F5N4O2/c1-12(2)31-10-7-15-17(11-31)28-29-20(15)21(32)30-8-5-13(6-9-30)14-3-4-16(23)19(24)18(14)22(25,26)27;1-10(30)29-8-13-15(9-29)26-27-18(13)19(31)28-6-4-11(5-7-28)12-2-3-14(21)17(22)16(12)20(23,24)25/h3-4,13H,1,5-11H2,2H3,(H,28,29);2-3,11H,4-9H2,1H3,(H,26,27). The van der Waals surface area contributed by atoms with Gasteiger partial charge >= 0.3 is 12.4 Å². The fourth-order valence-corrected chi connectivity index (χ4v) is 8.83. The van der Waals surface area contributed by atoms with Crippen molar-refractivity contribution < 1.29 is 58.3 Å². The lowest BCUT2D eigenvalue weighted by Gasteiger charge is -2.33. The second-order valence-corrected chi connectivity index (χ2v) is 16.1. The van der Waals surface area contributed by atoms with Crippen molar-refractivity contribution in [2.75, 3.05) is 32.7 Å². The van der Waals surface area contributed by atoms with Crippen LogP contribution in [0, 0.1) is 23.3 Å². The Morgan fingerprint density at radius 1 is 0.603 bits per heavy atom. The van der Waals surface area contributed by atoms with Gasteiger partial charge in [-0.3, -0.25) is 24.6 Å². The maximum Gasteiger partial charge on any atom is 0.419 e. The number of H-pyrrole nitrogens is 2. The second kappa shape index (κ2) is 17.3. The van der Waals surface area contributed by atoms with E-state index in [-0.39, 0.29) is 92.9 Å². The van der Waals surface area contributed by atoms with E-state index < -0.39 is 58.6 Å². The number of carbonyl (C=O) groups excluding carboxylic acids is 3. The van der Waals surface area contributed by atoms with Gasteiger partial charge in [0, 0.05) is 56.5 Å². The molecule has 4 aromatic rings. The third-order valence-electron chi connectivity index (χ3n) is 12.2. The van der Waals surface area contributed by atoms with Gasteiger partial charge in [0.05, 0.1) is 42.1 Å². The Bertz CT molecular complexity index is 2430. The molecule has 0 unspecified atom stereocenters. The number of alkyl halides is 6. The van der Waals surface area contributed by atoms with Crippen LogP contribution in [0.3, 0.4) is 0 Å². The van der Waals surface area contributed by atoms with Gasteiger partial charge in [-0.15, -0.1) is 0 Å². The van der Waals surface area contributed by atoms with Crippen LogP contribution in [0.5, 0.6) is 0 Å². The Morgan fingerprint density at radius 3 is 1.43 bits per heavy atom. The molecular formula is C42H42F10N8O3. The number of fused-ring (bicyclic) bond motifs is 2. The smallest absolute Gasteiger partial charge is 0.369 e. The van der Waals surface area contributed by atoms with E-state index in [0.717, 1.165) is 41.7 Å². The Labute approximate surface area is 354 Å². The predicted octanol–water partition coefficient (Wildman–Crippen LogP) is 8.21. The third kappa shape index (κ3) is 9.00. The van der Waals surface area contributed by atoms with Crippen molar-refractivity contribution in [1.29, 1.82) is 0 Å². The SMILES string of the molecule is C=C(C)N1CCc2c(C(=O)N3CCC(c4ccc(F)c(F)c4C(F)(F)F)CC3)n[nH]c2C1.CC(=O)N1Cc2[nH]nc(C(=O)N3CCC(c4ccc(F)c(F)c4C(F)(F)F)CC3)c2C1. The van der Waals surface area contributed by atoms with Crippen molar-refractivity contribution in [1.82, 2.24) is 40.0 Å². The molecule has 2 saturated heterocycles. The van der Waals surface area contributed by atoms with Crippen LogP contribution in [0.1, 0.15) is 117 Å². The molecular weight excluding hydrogens is 854 g/mol. The first kappa shape index (κ1) is 45.1. The summed E-state index contributed by atoms with van der Waals surface area (Å²) in [6.45, 7) is 9.90. The van der Waals surface area contributed by atoms with Gasteiger partial charge in [-0.2, -0.15) is 36.5 Å². The summed E-state index contributed by atoms with van der Waals surface area (Å²) >= 11 is 0. The Hall–Kier alpha value is -5.89. The Balaban J connectivity index is 0.000000189. The molecule has 0 saturated carbocycles. The molecule has 338 valence electrons. The first-order chi connectivity index (χ1) is 29.6. The second-order valence-electron chi connectivity index (χ2n) is 16.1. The number of allylic oxidation sites excluding steroid dienone is 1. The molecule has 0 atom stereocenters. The molecule has 0 bridgehead atoms. The first-order valence-electron chi connectivity index (χ1n) is 20.1. The highest BCUT2D eigenvalue weighted by Gasteiger charge is 2.43. The summed E-state index contributed by atoms with van der Waals surface area (Å²) in [4.78, 5) is 44.2. The first-order valence-corrected chi connectivity index (χ1v) is 20.1. The van der Waals surface area contributed by atoms with Crippen LogP contribution in [0.4, 0.5) is 43.9 Å². The number of aromatic amines is 2. The number of likely N-dealkylation sites (tertiary alicyclic amines) is 2. The molecule has 11 nitrogen and oxygen atoms in total. The van der Waals surface area contributed by atoms with Crippen LogP contribution in [-0.4, -0.2) is 90.4 Å². The van der Waals surface area contributed by atoms with Gasteiger partial charge in [-0.25, -0.2) is 17.6 Å². The molecule has 2 aromatic heterocycles. The van der Waals surface area contributed by atoms with E-state index in [1.54, 1.807) is 9.80 Å². The number of hydrogen-bond donors (Lipinski definition) is 2. The molecule has 0 radical (unpaired) electrons. The minimum atomic E-state index is -5.02. The van der Waals surface area contributed by atoms with Crippen molar-refractivity contribution in [3.8, 4) is 0 Å². The van der Waals surface area contributed by atoms with E-state index >= 15 is 0 Å². The highest BCUT2D eigenvalue weighted by atomic mass is 19.4. The Kier molecular flexibility index (Phi) is 12.4. The maximum absolute atomic E-state index is 14.0. The van der Waals surface area contributed by atoms with Crippen LogP contribution in [0.2, 0.25) is 0 Å². The summed E-state index contributed by atoms with van der Waals surface area (Å²) in [5.41, 5.74) is 0.811. The highest BCUT2D eigenvalue weighted by molar-refractivity contribution is 5.95. The minimum Gasteiger partial charge on any atom is -0.369 e. The number of amides is 3. The van der Waals surface area contributed by atoms with E-state index in [4.69, 9.17) is 0 Å². The molecule has 4 aliphatic rings. The lowest BCUT2D eigenvalue weighted by molar-refractivity contribution is -0.142. The zero-order valence-electron chi connectivity index (χ0n) is 34.1. The molecule has 3 amide bonds. The fraction of sp³-hybridized carbons (Fsp3) is 0.452. The lowest BCUT2D eigenvalue weighted by atomic mass is 9.85. The quantitative estimate of drug-likeness (QED) is 0.195. The average Bonchev–Trinajstić information content (AvgIpc) is 3.97. The number of hydrogen-bond acceptors (Lipinski definition) is 6. The number of nitrogens with one attached hydrogen (secondary N) is 2. The predicted molar refractivity (Wildman–Crippen MR) is 205 cm³/mol. The van der Waals surface area contributed by atoms with Crippen LogP contribution in [0.25, 0.3) is 0 Å². The van der Waals surface area contributed by atoms with Crippen molar-refractivity contribution in [3.05, 3.63) is 116 Å². The summed E-state index contributed by atoms with van der Waals surface area (Å²) in [5, 5.41) is 13.9. The molecule has 63 heavy (non-hydrogen) atoms. The van der Waals surface area contributed by atoms with Crippen molar-refractivity contribution in [3.63, 3.8) is 0 Å². The zero-order chi connectivity index (χ0) is 45.7. The zero-order valence-corrected chi connectivity index (χ0v) is 34.1. The van der Waals surface area contributed by atoms with Crippen LogP contribution < -0.4 is 0 Å². The van der Waals surface area contributed by atoms with Gasteiger partial charge in [0.15, 0.2) is 34.7 Å². The number of benzene rings is 2. The van der Waals surface area contributed by atoms with Crippen LogP contribution in [-0.2, 0) is 43.2 Å². The van der Waals surface area contributed by atoms with Gasteiger partial charge in [0.25, 0.3) is 11.8 Å². The van der Waals surface area contributed by atoms with Crippen molar-refractivity contribution >= 4 is 17.7 Å². The summed E-state index contributed by atoms with van der Waals surface area (Å²) < 4.78 is 135. The van der Waals surface area contributed by atoms with Crippen LogP contribution in [0.15, 0.2) is 36.5 Å². The molecule has 0 aliphatic carbocycles. The topological polar surface area (TPSA) is 122 Å². The molecule has 0 spiro atoms. The number of halogens is 10. The fourth-order valence-electron chi connectivity index (χ4n) is 8.83. The highest BCUT2D eigenvalue weighted by Crippen LogP contribution is 2.43. The summed E-state index contributed by atoms with van der Waals surface area (Å²) in [6.07, 6.45) is -8.60. The monoisotopic (exact) mass is 896 g/mol. The molecule has 2 fully saturated rings. The van der Waals surface area contributed by atoms with Gasteiger partial charge in [-0.05, 0) is 74.1 Å². The van der Waals surface area contributed by atoms with Gasteiger partial charge in [0.2, 0.25) is 5.91 Å². The van der Waals surface area contributed by atoms with E-state index in [2.05, 4.69) is 31.9 Å². The molecule has 4 aliphatic heterocycles. The normalized spacial score (nSPS) is 17.3. The van der Waals surface area contributed by atoms with E-state index in [1.807, 2.05) is 6.92 Å². The van der Waals surface area contributed by atoms with Crippen molar-refractivity contribution in [2.24, 2.45) is 0 Å². The van der Waals surface area contributed by atoms with Crippen LogP contribution >= 0.6 is 0 Å². The number of nitrogens with zero attached hydrogens (tertiary/aromatic N) is 6. The number of rotatable bonds is 5.